The molecule has 0 unspecified atom stereocenters. The number of nitrogens with zero attached hydrogens (tertiary/aromatic N) is 4. The van der Waals surface area contributed by atoms with Crippen molar-refractivity contribution < 1.29 is 4.39 Å². The molecule has 8 nitrogen and oxygen atoms in total. The Hall–Kier alpha value is -4.60. The summed E-state index contributed by atoms with van der Waals surface area (Å²) in [4.78, 5) is 15.2. The summed E-state index contributed by atoms with van der Waals surface area (Å²) in [5, 5.41) is 14.7. The average molecular weight is 619 g/mol. The summed E-state index contributed by atoms with van der Waals surface area (Å²) in [7, 11) is 4.03. The number of hydrogen-bond acceptors (Lipinski definition) is 6. The summed E-state index contributed by atoms with van der Waals surface area (Å²) < 4.78 is 14.8. The molecule has 1 aliphatic carbocycles. The van der Waals surface area contributed by atoms with Crippen molar-refractivity contribution >= 4 is 22.3 Å². The van der Waals surface area contributed by atoms with Crippen molar-refractivity contribution in [3.63, 3.8) is 0 Å². The Morgan fingerprint density at radius 3 is 2.76 bits per heavy atom. The first-order valence-electron chi connectivity index (χ1n) is 16.1. The fraction of sp³-hybridized carbons (Fsp3) is 0.324. The van der Waals surface area contributed by atoms with E-state index in [1.54, 1.807) is 12.1 Å². The number of H-pyrrole nitrogens is 2. The van der Waals surface area contributed by atoms with Gasteiger partial charge in [-0.1, -0.05) is 31.6 Å². The Balaban J connectivity index is 1.27. The highest BCUT2D eigenvalue weighted by Crippen LogP contribution is 2.34. The lowest BCUT2D eigenvalue weighted by Gasteiger charge is -2.14. The topological polar surface area (TPSA) is 97.6 Å². The zero-order valence-corrected chi connectivity index (χ0v) is 27.0. The van der Waals surface area contributed by atoms with Crippen LogP contribution in [-0.4, -0.2) is 63.8 Å². The zero-order valence-electron chi connectivity index (χ0n) is 27.0. The van der Waals surface area contributed by atoms with Crippen LogP contribution < -0.4 is 10.6 Å². The second-order valence-corrected chi connectivity index (χ2v) is 12.5. The van der Waals surface area contributed by atoms with Gasteiger partial charge >= 0.3 is 0 Å². The van der Waals surface area contributed by atoms with E-state index in [0.29, 0.717) is 6.54 Å². The maximum atomic E-state index is 14.8. The number of halogens is 1. The smallest absolute Gasteiger partial charge is 0.135 e. The molecule has 0 saturated heterocycles. The van der Waals surface area contributed by atoms with Gasteiger partial charge in [-0.25, -0.2) is 9.37 Å². The summed E-state index contributed by atoms with van der Waals surface area (Å²) in [6, 6.07) is 13.3. The molecule has 4 N–H and O–H groups in total. The van der Waals surface area contributed by atoms with Gasteiger partial charge in [0.25, 0.3) is 0 Å². The van der Waals surface area contributed by atoms with Crippen LogP contribution in [0.15, 0.2) is 73.6 Å². The van der Waals surface area contributed by atoms with Crippen molar-refractivity contribution in [2.45, 2.75) is 39.2 Å². The fourth-order valence-corrected chi connectivity index (χ4v) is 6.30. The minimum absolute atomic E-state index is 0.300. The molecule has 6 rings (SSSR count). The number of aryl methyl sites for hydroxylation is 1. The molecule has 0 amide bonds. The molecule has 1 aromatic carbocycles. The summed E-state index contributed by atoms with van der Waals surface area (Å²) in [5.41, 5.74) is 10.3. The maximum Gasteiger partial charge on any atom is 0.135 e. The highest BCUT2D eigenvalue weighted by Gasteiger charge is 2.19. The second kappa shape index (κ2) is 14.2. The van der Waals surface area contributed by atoms with Gasteiger partial charge in [-0.3, -0.25) is 10.1 Å². The van der Waals surface area contributed by atoms with E-state index in [1.165, 1.54) is 31.7 Å². The minimum Gasteiger partial charge on any atom is -0.384 e. The lowest BCUT2D eigenvalue weighted by Crippen LogP contribution is -2.20. The van der Waals surface area contributed by atoms with Gasteiger partial charge in [0.05, 0.1) is 16.9 Å². The van der Waals surface area contributed by atoms with Crippen LogP contribution in [0.5, 0.6) is 0 Å². The van der Waals surface area contributed by atoms with Gasteiger partial charge in [0, 0.05) is 54.5 Å². The van der Waals surface area contributed by atoms with Crippen molar-refractivity contribution in [2.24, 2.45) is 5.92 Å². The molecule has 0 radical (unpaired) electrons. The van der Waals surface area contributed by atoms with E-state index in [-0.39, 0.29) is 5.82 Å². The number of fused-ring (bicyclic) bond motifs is 1. The third kappa shape index (κ3) is 7.27. The molecule has 1 saturated carbocycles. The first kappa shape index (κ1) is 31.4. The van der Waals surface area contributed by atoms with Gasteiger partial charge in [-0.05, 0) is 105 Å². The van der Waals surface area contributed by atoms with E-state index >= 15 is 0 Å². The van der Waals surface area contributed by atoms with E-state index < -0.39 is 0 Å². The monoisotopic (exact) mass is 618 g/mol. The predicted molar refractivity (Wildman–Crippen MR) is 186 cm³/mol. The number of aromatic nitrogens is 5. The molecule has 0 bridgehead atoms. The summed E-state index contributed by atoms with van der Waals surface area (Å²) in [6.45, 7) is 9.35. The molecule has 238 valence electrons. The summed E-state index contributed by atoms with van der Waals surface area (Å²) >= 11 is 0. The number of pyridine rings is 2. The minimum atomic E-state index is -0.300. The van der Waals surface area contributed by atoms with E-state index in [1.807, 2.05) is 57.7 Å². The number of likely N-dealkylation sites (N-methyl/N-ethyl adjacent to an activating group) is 1. The molecule has 1 aliphatic rings. The van der Waals surface area contributed by atoms with Crippen LogP contribution in [0.4, 0.5) is 10.1 Å². The number of allylic oxidation sites excluding steroid dienone is 2. The normalized spacial score (nSPS) is 14.1. The van der Waals surface area contributed by atoms with Crippen LogP contribution in [-0.2, 0) is 6.54 Å². The fourth-order valence-electron chi connectivity index (χ4n) is 6.30. The van der Waals surface area contributed by atoms with Crippen LogP contribution in [0.1, 0.15) is 48.1 Å². The molecule has 5 aromatic rings. The predicted octanol–water partition coefficient (Wildman–Crippen LogP) is 7.33. The number of anilines is 1. The van der Waals surface area contributed by atoms with E-state index in [4.69, 9.17) is 4.98 Å². The molecular formula is C37H43FN8. The largest absolute Gasteiger partial charge is 0.384 e. The summed E-state index contributed by atoms with van der Waals surface area (Å²) in [5.74, 6) is 0.494. The first-order chi connectivity index (χ1) is 22.4. The number of nitrogens with one attached hydrogen (secondary N) is 4. The SMILES string of the molecule is C=C/C=C(/c1cc(F)cc(NCCN(C)C)c1)c1cc(-c2n[nH]c3ccc(-c4cncc(CNCC5CCCC5)c4)nc23)[nH]c1C. The van der Waals surface area contributed by atoms with Gasteiger partial charge in [-0.2, -0.15) is 5.10 Å². The zero-order chi connectivity index (χ0) is 32.0. The van der Waals surface area contributed by atoms with E-state index in [9.17, 15) is 4.39 Å². The Labute approximate surface area is 270 Å². The van der Waals surface area contributed by atoms with Crippen molar-refractivity contribution in [3.8, 4) is 22.6 Å². The van der Waals surface area contributed by atoms with Gasteiger partial charge in [-0.15, -0.1) is 0 Å². The Morgan fingerprint density at radius 1 is 1.11 bits per heavy atom. The van der Waals surface area contributed by atoms with Crippen LogP contribution >= 0.6 is 0 Å². The average Bonchev–Trinajstić information content (AvgIpc) is 3.80. The highest BCUT2D eigenvalue weighted by molar-refractivity contribution is 5.92. The van der Waals surface area contributed by atoms with Crippen molar-refractivity contribution in [3.05, 3.63) is 102 Å². The number of rotatable bonds is 13. The van der Waals surface area contributed by atoms with Gasteiger partial charge in [0.15, 0.2) is 0 Å². The maximum absolute atomic E-state index is 14.8. The van der Waals surface area contributed by atoms with Crippen LogP contribution in [0, 0.1) is 18.7 Å². The third-order valence-corrected chi connectivity index (χ3v) is 8.68. The molecule has 1 fully saturated rings. The molecule has 4 aromatic heterocycles. The molecule has 0 aliphatic heterocycles. The third-order valence-electron chi connectivity index (χ3n) is 8.68. The van der Waals surface area contributed by atoms with Crippen molar-refractivity contribution in [2.75, 3.05) is 39.0 Å². The van der Waals surface area contributed by atoms with Crippen LogP contribution in [0.25, 0.3) is 39.3 Å². The van der Waals surface area contributed by atoms with Crippen LogP contribution in [0.2, 0.25) is 0 Å². The van der Waals surface area contributed by atoms with Gasteiger partial charge < -0.3 is 20.5 Å². The summed E-state index contributed by atoms with van der Waals surface area (Å²) in [6.07, 6.45) is 12.8. The Bertz CT molecular complexity index is 1840. The standard InChI is InChI=1S/C37H43FN8/c1-5-8-31(27-16-29(38)18-30(17-27)41-13-14-46(3)4)32-19-35(42-24(32)2)37-36-34(44-45-37)12-11-33(43-36)28-15-26(22-40-23-28)21-39-20-25-9-6-7-10-25/h5,8,11-12,15-19,22-23,25,39,41-42H,1,6-7,9-10,13-14,20-21H2,2-4H3,(H,44,45)/b31-8-. The van der Waals surface area contributed by atoms with Gasteiger partial charge in [0.2, 0.25) is 0 Å². The number of aromatic amines is 2. The van der Waals surface area contributed by atoms with Crippen LogP contribution in [0.3, 0.4) is 0 Å². The Kier molecular flexibility index (Phi) is 9.71. The lowest BCUT2D eigenvalue weighted by atomic mass is 9.96. The quantitative estimate of drug-likeness (QED) is 0.103. The Morgan fingerprint density at radius 2 is 1.96 bits per heavy atom. The number of benzene rings is 1. The number of hydrogen-bond donors (Lipinski definition) is 4. The van der Waals surface area contributed by atoms with E-state index in [2.05, 4.69) is 54.4 Å². The highest BCUT2D eigenvalue weighted by atomic mass is 19.1. The first-order valence-corrected chi connectivity index (χ1v) is 16.1. The molecule has 46 heavy (non-hydrogen) atoms. The lowest BCUT2D eigenvalue weighted by molar-refractivity contribution is 0.425. The molecule has 0 atom stereocenters. The van der Waals surface area contributed by atoms with Gasteiger partial charge in [0.1, 0.15) is 17.0 Å². The molecule has 4 heterocycles. The molecule has 0 spiro atoms. The molecule has 9 heteroatoms. The van der Waals surface area contributed by atoms with E-state index in [0.717, 1.165) is 92.9 Å². The second-order valence-electron chi connectivity index (χ2n) is 12.5. The van der Waals surface area contributed by atoms with Crippen molar-refractivity contribution in [1.82, 2.24) is 35.4 Å². The molecular weight excluding hydrogens is 575 g/mol. The van der Waals surface area contributed by atoms with Crippen molar-refractivity contribution in [1.29, 1.82) is 0 Å².